The smallest absolute Gasteiger partial charge is 0.410 e. The van der Waals surface area contributed by atoms with Crippen LogP contribution in [0, 0.1) is 6.92 Å². The number of anilines is 4. The van der Waals surface area contributed by atoms with Crippen LogP contribution in [0.2, 0.25) is 0 Å². The van der Waals surface area contributed by atoms with E-state index in [9.17, 15) is 14.7 Å². The molecule has 0 bridgehead atoms. The molecule has 0 aliphatic heterocycles. The molecule has 5 rings (SSSR count). The maximum Gasteiger partial charge on any atom is 0.417 e. The Morgan fingerprint density at radius 3 is 2.22 bits per heavy atom. The van der Waals surface area contributed by atoms with Crippen molar-refractivity contribution in [3.8, 4) is 5.75 Å². The van der Waals surface area contributed by atoms with Crippen LogP contribution in [0.5, 0.6) is 5.75 Å². The fraction of sp³-hybridized carbons (Fsp3) is 0.206. The summed E-state index contributed by atoms with van der Waals surface area (Å²) in [4.78, 5) is 32.5. The van der Waals surface area contributed by atoms with Crippen molar-refractivity contribution in [2.75, 3.05) is 47.4 Å². The SMILES string of the molecule is CNC(=O)c1cccc2c(Nc3cc(CO)cc(NC(=O)Oc4ccc(N(CCCl)CCCl)cc4)c3)c3cccc(C)c3nc12. The predicted molar refractivity (Wildman–Crippen MR) is 183 cm³/mol. The molecule has 0 atom stereocenters. The average molecular weight is 647 g/mol. The zero-order valence-corrected chi connectivity index (χ0v) is 26.4. The first kappa shape index (κ1) is 31.8. The first-order valence-electron chi connectivity index (χ1n) is 14.4. The van der Waals surface area contributed by atoms with E-state index in [-0.39, 0.29) is 12.5 Å². The van der Waals surface area contributed by atoms with Gasteiger partial charge in [0, 0.05) is 59.7 Å². The number of pyridine rings is 1. The summed E-state index contributed by atoms with van der Waals surface area (Å²) in [6.07, 6.45) is -0.687. The third kappa shape index (κ3) is 7.23. The summed E-state index contributed by atoms with van der Waals surface area (Å²) in [5, 5.41) is 20.6. The average Bonchev–Trinajstić information content (AvgIpc) is 3.04. The van der Waals surface area contributed by atoms with Gasteiger partial charge in [0.25, 0.3) is 5.91 Å². The van der Waals surface area contributed by atoms with E-state index in [0.717, 1.165) is 33.2 Å². The molecule has 4 N–H and O–H groups in total. The van der Waals surface area contributed by atoms with Crippen LogP contribution in [0.4, 0.5) is 27.5 Å². The summed E-state index contributed by atoms with van der Waals surface area (Å²) in [7, 11) is 1.58. The molecular formula is C34H33Cl2N5O4. The number of halogens is 2. The van der Waals surface area contributed by atoms with Crippen LogP contribution in [0.1, 0.15) is 21.5 Å². The summed E-state index contributed by atoms with van der Waals surface area (Å²) < 4.78 is 5.53. The summed E-state index contributed by atoms with van der Waals surface area (Å²) in [5.41, 5.74) is 5.99. The number of ether oxygens (including phenoxy) is 1. The molecule has 0 saturated carbocycles. The molecule has 0 aliphatic carbocycles. The maximum absolute atomic E-state index is 12.9. The zero-order valence-electron chi connectivity index (χ0n) is 24.9. The first-order valence-corrected chi connectivity index (χ1v) is 15.4. The topological polar surface area (TPSA) is 116 Å². The van der Waals surface area contributed by atoms with Crippen molar-refractivity contribution in [2.24, 2.45) is 0 Å². The first-order chi connectivity index (χ1) is 21.8. The lowest BCUT2D eigenvalue weighted by molar-refractivity contribution is 0.0964. The van der Waals surface area contributed by atoms with Gasteiger partial charge in [0.05, 0.1) is 28.9 Å². The zero-order chi connectivity index (χ0) is 31.9. The van der Waals surface area contributed by atoms with Crippen LogP contribution in [0.25, 0.3) is 21.8 Å². The lowest BCUT2D eigenvalue weighted by Crippen LogP contribution is -2.27. The number of nitrogens with zero attached hydrogens (tertiary/aromatic N) is 2. The van der Waals surface area contributed by atoms with Crippen LogP contribution >= 0.6 is 23.2 Å². The Balaban J connectivity index is 1.44. The number of nitrogens with one attached hydrogen (secondary N) is 3. The number of aromatic nitrogens is 1. The quantitative estimate of drug-likeness (QED) is 0.0887. The van der Waals surface area contributed by atoms with Gasteiger partial charge in [0.15, 0.2) is 0 Å². The molecule has 11 heteroatoms. The molecule has 0 spiro atoms. The summed E-state index contributed by atoms with van der Waals surface area (Å²) in [5.74, 6) is 1.05. The Labute approximate surface area is 271 Å². The molecule has 4 aromatic carbocycles. The number of amides is 2. The van der Waals surface area contributed by atoms with Crippen molar-refractivity contribution >= 4 is 79.8 Å². The van der Waals surface area contributed by atoms with Crippen LogP contribution in [-0.2, 0) is 6.61 Å². The van der Waals surface area contributed by atoms with Crippen molar-refractivity contribution < 1.29 is 19.4 Å². The molecule has 0 unspecified atom stereocenters. The third-order valence-corrected chi connectivity index (χ3v) is 7.66. The van der Waals surface area contributed by atoms with E-state index in [1.54, 1.807) is 43.4 Å². The molecule has 0 fully saturated rings. The minimum absolute atomic E-state index is 0.239. The van der Waals surface area contributed by atoms with Crippen LogP contribution in [0.3, 0.4) is 0 Å². The van der Waals surface area contributed by atoms with E-state index in [1.807, 2.05) is 49.4 Å². The molecule has 2 amide bonds. The minimum atomic E-state index is -0.687. The molecule has 232 valence electrons. The number of carbonyl (C=O) groups excluding carboxylic acids is 2. The number of hydrogen-bond donors (Lipinski definition) is 4. The molecule has 0 aliphatic rings. The second-order valence-electron chi connectivity index (χ2n) is 10.3. The predicted octanol–water partition coefficient (Wildman–Crippen LogP) is 7.19. The Bertz CT molecular complexity index is 1840. The number of benzene rings is 4. The van der Waals surface area contributed by atoms with E-state index < -0.39 is 6.09 Å². The Morgan fingerprint density at radius 2 is 1.56 bits per heavy atom. The molecular weight excluding hydrogens is 613 g/mol. The van der Waals surface area contributed by atoms with Crippen LogP contribution < -0.4 is 25.6 Å². The minimum Gasteiger partial charge on any atom is -0.410 e. The van der Waals surface area contributed by atoms with E-state index in [2.05, 4.69) is 20.9 Å². The second kappa shape index (κ2) is 14.5. The highest BCUT2D eigenvalue weighted by Gasteiger charge is 2.17. The van der Waals surface area contributed by atoms with E-state index in [0.29, 0.717) is 58.6 Å². The number of alkyl halides is 2. The number of fused-ring (bicyclic) bond motifs is 2. The molecule has 9 nitrogen and oxygen atoms in total. The largest absolute Gasteiger partial charge is 0.417 e. The normalized spacial score (nSPS) is 11.0. The summed E-state index contributed by atoms with van der Waals surface area (Å²) >= 11 is 11.8. The van der Waals surface area contributed by atoms with Gasteiger partial charge in [-0.2, -0.15) is 0 Å². The van der Waals surface area contributed by atoms with E-state index >= 15 is 0 Å². The molecule has 5 aromatic rings. The van der Waals surface area contributed by atoms with Gasteiger partial charge in [-0.1, -0.05) is 30.3 Å². The van der Waals surface area contributed by atoms with Gasteiger partial charge in [0.2, 0.25) is 0 Å². The number of para-hydroxylation sites is 2. The van der Waals surface area contributed by atoms with Crippen molar-refractivity contribution in [3.63, 3.8) is 0 Å². The fourth-order valence-corrected chi connectivity index (χ4v) is 5.61. The lowest BCUT2D eigenvalue weighted by atomic mass is 10.0. The summed E-state index contributed by atoms with van der Waals surface area (Å²) in [6.45, 7) is 3.01. The molecule has 45 heavy (non-hydrogen) atoms. The highest BCUT2D eigenvalue weighted by Crippen LogP contribution is 2.36. The van der Waals surface area contributed by atoms with E-state index in [4.69, 9.17) is 32.9 Å². The fourth-order valence-electron chi connectivity index (χ4n) is 5.21. The Hall–Kier alpha value is -4.57. The van der Waals surface area contributed by atoms with Crippen LogP contribution in [0.15, 0.2) is 78.9 Å². The monoisotopic (exact) mass is 645 g/mol. The molecule has 0 saturated heterocycles. The van der Waals surface area contributed by atoms with Gasteiger partial charge in [-0.25, -0.2) is 9.78 Å². The lowest BCUT2D eigenvalue weighted by Gasteiger charge is -2.22. The summed E-state index contributed by atoms with van der Waals surface area (Å²) in [6, 6.07) is 23.6. The Kier molecular flexibility index (Phi) is 10.2. The highest BCUT2D eigenvalue weighted by molar-refractivity contribution is 6.18. The number of carbonyl (C=O) groups is 2. The van der Waals surface area contributed by atoms with Gasteiger partial charge in [-0.3, -0.25) is 10.1 Å². The standard InChI is InChI=1S/C34H33Cl2N5O4/c1-21-5-3-6-27-30(21)40-32-28(7-4-8-29(32)33(43)37-2)31(27)38-23-17-22(20-42)18-24(19-23)39-34(44)45-26-11-9-25(10-12-26)41(15-13-35)16-14-36/h3-12,17-19,42H,13-16,20H2,1-2H3,(H,37,43)(H,38,40)(H,39,44). The van der Waals surface area contributed by atoms with Gasteiger partial charge >= 0.3 is 6.09 Å². The maximum atomic E-state index is 12.9. The third-order valence-electron chi connectivity index (χ3n) is 7.32. The molecule has 0 radical (unpaired) electrons. The van der Waals surface area contributed by atoms with Gasteiger partial charge in [-0.05, 0) is 66.6 Å². The number of aliphatic hydroxyl groups is 1. The van der Waals surface area contributed by atoms with Gasteiger partial charge in [0.1, 0.15) is 5.75 Å². The molecule has 1 heterocycles. The van der Waals surface area contributed by atoms with Crippen LogP contribution in [-0.4, -0.2) is 54.0 Å². The van der Waals surface area contributed by atoms with Gasteiger partial charge < -0.3 is 25.4 Å². The number of rotatable bonds is 11. The van der Waals surface area contributed by atoms with Gasteiger partial charge in [-0.15, -0.1) is 23.2 Å². The number of aliphatic hydroxyl groups excluding tert-OH is 1. The number of aryl methyl sites for hydroxylation is 1. The molecule has 1 aromatic heterocycles. The van der Waals surface area contributed by atoms with Crippen molar-refractivity contribution in [2.45, 2.75) is 13.5 Å². The van der Waals surface area contributed by atoms with E-state index in [1.165, 1.54) is 0 Å². The second-order valence-corrected chi connectivity index (χ2v) is 11.1. The Morgan fingerprint density at radius 1 is 0.889 bits per heavy atom. The van der Waals surface area contributed by atoms with Crippen molar-refractivity contribution in [1.29, 1.82) is 0 Å². The van der Waals surface area contributed by atoms with Crippen molar-refractivity contribution in [1.82, 2.24) is 10.3 Å². The number of hydrogen-bond acceptors (Lipinski definition) is 7. The highest BCUT2D eigenvalue weighted by atomic mass is 35.5. The van der Waals surface area contributed by atoms with Crippen molar-refractivity contribution in [3.05, 3.63) is 95.6 Å².